The number of H-pyrrole nitrogens is 2. The summed E-state index contributed by atoms with van der Waals surface area (Å²) in [6, 6.07) is 12.3. The Bertz CT molecular complexity index is 626. The molecule has 3 aromatic rings. The fraction of sp³-hybridized carbons (Fsp3) is 0.143. The average Bonchev–Trinajstić information content (AvgIpc) is 3.20. The molecule has 0 spiro atoms. The van der Waals surface area contributed by atoms with Crippen molar-refractivity contribution in [1.82, 2.24) is 14.5 Å². The number of aliphatic hydroxyl groups excluding tert-OH is 1. The van der Waals surface area contributed by atoms with E-state index in [2.05, 4.69) is 48.2 Å². The zero-order valence-electron chi connectivity index (χ0n) is 10.8. The van der Waals surface area contributed by atoms with Gasteiger partial charge in [-0.3, -0.25) is 0 Å². The molecule has 3 heterocycles. The number of hydrogen-bond donors (Lipinski definition) is 3. The number of rotatable bonds is 5. The lowest BCUT2D eigenvalue weighted by Crippen LogP contribution is -2.32. The van der Waals surface area contributed by atoms with Crippen molar-refractivity contribution in [3.05, 3.63) is 55.0 Å². The molecule has 0 aromatic carbocycles. The van der Waals surface area contributed by atoms with Crippen molar-refractivity contribution < 1.29 is 5.11 Å². The second-order valence-corrected chi connectivity index (χ2v) is 10.3. The zero-order chi connectivity index (χ0) is 14.0. The highest BCUT2D eigenvalue weighted by Gasteiger charge is 2.48. The van der Waals surface area contributed by atoms with E-state index in [4.69, 9.17) is 0 Å². The van der Waals surface area contributed by atoms with Gasteiger partial charge in [0.1, 0.15) is 0 Å². The van der Waals surface area contributed by atoms with Crippen LogP contribution in [-0.4, -0.2) is 26.2 Å². The Morgan fingerprint density at radius 3 is 2.20 bits per heavy atom. The van der Waals surface area contributed by atoms with Gasteiger partial charge in [0.05, 0.1) is 6.61 Å². The first-order chi connectivity index (χ1) is 9.76. The third-order valence-corrected chi connectivity index (χ3v) is 9.59. The smallest absolute Gasteiger partial charge is 0.233 e. The van der Waals surface area contributed by atoms with Gasteiger partial charge in [0.15, 0.2) is 31.8 Å². The van der Waals surface area contributed by atoms with Crippen molar-refractivity contribution in [3.63, 3.8) is 0 Å². The van der Waals surface area contributed by atoms with E-state index in [1.807, 2.05) is 36.8 Å². The summed E-state index contributed by atoms with van der Waals surface area (Å²) in [5, 5.41) is 9.25. The van der Waals surface area contributed by atoms with Gasteiger partial charge in [-0.25, -0.2) is 0 Å². The van der Waals surface area contributed by atoms with E-state index >= 15 is 0 Å². The molecule has 0 aliphatic heterocycles. The van der Waals surface area contributed by atoms with Crippen LogP contribution in [0.2, 0.25) is 0 Å². The van der Waals surface area contributed by atoms with Crippen LogP contribution in [0.3, 0.4) is 0 Å². The maximum absolute atomic E-state index is 9.25. The highest BCUT2D eigenvalue weighted by atomic mass is 79.9. The molecule has 6 heteroatoms. The van der Waals surface area contributed by atoms with Gasteiger partial charge in [0.2, 0.25) is 5.96 Å². The minimum atomic E-state index is -1.90. The summed E-state index contributed by atoms with van der Waals surface area (Å²) < 4.78 is 2.10. The Hall–Kier alpha value is -1.29. The number of aromatic nitrogens is 3. The molecule has 0 atom stereocenters. The topological polar surface area (TPSA) is 56.7 Å². The minimum Gasteiger partial charge on any atom is -0.395 e. The number of aliphatic hydroxyl groups is 1. The number of nitrogens with one attached hydrogen (secondary N) is 2. The number of hydrogen-bond acceptors (Lipinski definition) is 1. The number of halogens is 1. The third kappa shape index (κ3) is 2.16. The highest BCUT2D eigenvalue weighted by molar-refractivity contribution is 9.44. The van der Waals surface area contributed by atoms with Crippen molar-refractivity contribution in [2.24, 2.45) is 0 Å². The van der Waals surface area contributed by atoms with Gasteiger partial charge >= 0.3 is 0 Å². The fourth-order valence-corrected chi connectivity index (χ4v) is 7.33. The molecule has 0 unspecified atom stereocenters. The molecule has 0 saturated carbocycles. The quantitative estimate of drug-likeness (QED) is 0.602. The summed E-state index contributed by atoms with van der Waals surface area (Å²) in [6.07, 6.45) is 5.88. The van der Waals surface area contributed by atoms with Gasteiger partial charge in [0.25, 0.3) is 0 Å². The van der Waals surface area contributed by atoms with Crippen LogP contribution in [0, 0.1) is 0 Å². The van der Waals surface area contributed by atoms with E-state index in [9.17, 15) is 5.11 Å². The normalized spacial score (nSPS) is 11.9. The standard InChI is InChI=1S/C14H16BrN3OP/c15-20(12-4-1-7-16-12,13-5-2-8-17-13)14-6-3-9-18(14)10-11-19/h1-9,16-17,19H,10-11H2/q+1. The predicted octanol–water partition coefficient (Wildman–Crippen LogP) is 1.74. The first-order valence-corrected chi connectivity index (χ1v) is 10.2. The van der Waals surface area contributed by atoms with Gasteiger partial charge in [-0.2, -0.15) is 0 Å². The molecular formula is C14H16BrN3OP+. The molecule has 0 saturated heterocycles. The predicted molar refractivity (Wildman–Crippen MR) is 87.9 cm³/mol. The Labute approximate surface area is 125 Å². The van der Waals surface area contributed by atoms with Crippen LogP contribution in [0.15, 0.2) is 55.0 Å². The first kappa shape index (κ1) is 13.7. The van der Waals surface area contributed by atoms with Gasteiger partial charge in [-0.1, -0.05) is 0 Å². The molecule has 3 aromatic heterocycles. The monoisotopic (exact) mass is 352 g/mol. The van der Waals surface area contributed by atoms with E-state index in [1.54, 1.807) is 0 Å². The van der Waals surface area contributed by atoms with E-state index < -0.39 is 5.96 Å². The minimum absolute atomic E-state index is 0.129. The van der Waals surface area contributed by atoms with Gasteiger partial charge in [-0.05, 0) is 18.2 Å². The van der Waals surface area contributed by atoms with Crippen molar-refractivity contribution in [3.8, 4) is 0 Å². The highest BCUT2D eigenvalue weighted by Crippen LogP contribution is 2.61. The summed E-state index contributed by atoms with van der Waals surface area (Å²) in [5.41, 5.74) is 3.48. The zero-order valence-corrected chi connectivity index (χ0v) is 13.3. The summed E-state index contributed by atoms with van der Waals surface area (Å²) in [6.45, 7) is 0.723. The summed E-state index contributed by atoms with van der Waals surface area (Å²) in [7, 11) is 0. The molecule has 3 rings (SSSR count). The van der Waals surface area contributed by atoms with Crippen LogP contribution in [0.1, 0.15) is 0 Å². The van der Waals surface area contributed by atoms with Crippen molar-refractivity contribution in [1.29, 1.82) is 0 Å². The molecule has 0 bridgehead atoms. The van der Waals surface area contributed by atoms with E-state index in [-0.39, 0.29) is 6.61 Å². The molecule has 0 amide bonds. The summed E-state index contributed by atoms with van der Waals surface area (Å²) in [5.74, 6) is -1.90. The van der Waals surface area contributed by atoms with Crippen molar-refractivity contribution in [2.75, 3.05) is 6.61 Å². The summed E-state index contributed by atoms with van der Waals surface area (Å²) >= 11 is 4.01. The van der Waals surface area contributed by atoms with Crippen molar-refractivity contribution >= 4 is 37.8 Å². The Balaban J connectivity index is 2.18. The fourth-order valence-electron chi connectivity index (χ4n) is 2.38. The summed E-state index contributed by atoms with van der Waals surface area (Å²) in [4.78, 5) is 6.66. The van der Waals surface area contributed by atoms with Crippen molar-refractivity contribution in [2.45, 2.75) is 6.54 Å². The second kappa shape index (κ2) is 5.60. The third-order valence-electron chi connectivity index (χ3n) is 3.29. The van der Waals surface area contributed by atoms with Gasteiger partial charge in [0, 0.05) is 43.3 Å². The molecular weight excluding hydrogens is 337 g/mol. The first-order valence-electron chi connectivity index (χ1n) is 6.40. The molecule has 0 radical (unpaired) electrons. The van der Waals surface area contributed by atoms with Crippen LogP contribution >= 0.6 is 21.5 Å². The van der Waals surface area contributed by atoms with Gasteiger partial charge < -0.3 is 19.6 Å². The van der Waals surface area contributed by atoms with Gasteiger partial charge in [-0.15, -0.1) is 0 Å². The average molecular weight is 353 g/mol. The lowest BCUT2D eigenvalue weighted by molar-refractivity contribution is 0.277. The van der Waals surface area contributed by atoms with Crippen LogP contribution in [0.4, 0.5) is 0 Å². The molecule has 0 aliphatic rings. The Morgan fingerprint density at radius 2 is 1.70 bits per heavy atom. The SMILES string of the molecule is OCCn1cccc1[P+](Br)(c1ccc[nH]1)c1ccc[nH]1. The lowest BCUT2D eigenvalue weighted by atomic mass is 10.7. The Morgan fingerprint density at radius 1 is 1.05 bits per heavy atom. The van der Waals surface area contributed by atoms with Crippen LogP contribution in [0.25, 0.3) is 0 Å². The largest absolute Gasteiger partial charge is 0.395 e. The van der Waals surface area contributed by atoms with E-state index in [1.165, 1.54) is 5.44 Å². The molecule has 20 heavy (non-hydrogen) atoms. The molecule has 0 aliphatic carbocycles. The second-order valence-electron chi connectivity index (χ2n) is 4.48. The number of nitrogens with zero attached hydrogens (tertiary/aromatic N) is 1. The molecule has 3 N–H and O–H groups in total. The maximum Gasteiger partial charge on any atom is 0.233 e. The van der Waals surface area contributed by atoms with Crippen LogP contribution in [-0.2, 0) is 6.54 Å². The van der Waals surface area contributed by atoms with E-state index in [0.717, 1.165) is 10.9 Å². The molecule has 0 fully saturated rings. The Kier molecular flexibility index (Phi) is 3.83. The lowest BCUT2D eigenvalue weighted by Gasteiger charge is -2.18. The van der Waals surface area contributed by atoms with Crippen LogP contribution in [0.5, 0.6) is 0 Å². The maximum atomic E-state index is 9.25. The molecule has 104 valence electrons. The number of aromatic amines is 2. The molecule has 4 nitrogen and oxygen atoms in total. The van der Waals surface area contributed by atoms with E-state index in [0.29, 0.717) is 6.54 Å². The van der Waals surface area contributed by atoms with Crippen LogP contribution < -0.4 is 16.3 Å².